The number of Topliss-reactive ketones (excluding diaryl/α,β-unsaturated/α-hetero) is 1. The molecule has 6 unspecified atom stereocenters. The lowest BCUT2D eigenvalue weighted by Crippen LogP contribution is -2.49. The predicted octanol–water partition coefficient (Wildman–Crippen LogP) is 5.86. The molecule has 130 valence electrons. The summed E-state index contributed by atoms with van der Waals surface area (Å²) in [5.41, 5.74) is 0.320. The topological polar surface area (TPSA) is 17.1 Å². The Morgan fingerprint density at radius 3 is 2.57 bits per heavy atom. The van der Waals surface area contributed by atoms with Crippen LogP contribution in [0, 0.1) is 46.8 Å². The number of fused-ring (bicyclic) bond motifs is 5. The normalized spacial score (nSPS) is 52.4. The molecular formula is C21H33BrO. The maximum Gasteiger partial charge on any atom is 0.147 e. The van der Waals surface area contributed by atoms with Crippen molar-refractivity contribution in [3.05, 3.63) is 0 Å². The van der Waals surface area contributed by atoms with Gasteiger partial charge in [0, 0.05) is 5.92 Å². The maximum atomic E-state index is 12.5. The molecule has 8 atom stereocenters. The molecule has 23 heavy (non-hydrogen) atoms. The van der Waals surface area contributed by atoms with E-state index in [0.29, 0.717) is 22.4 Å². The zero-order valence-corrected chi connectivity index (χ0v) is 16.5. The van der Waals surface area contributed by atoms with Gasteiger partial charge in [-0.3, -0.25) is 4.79 Å². The minimum atomic E-state index is 0.320. The Morgan fingerprint density at radius 2 is 1.78 bits per heavy atom. The van der Waals surface area contributed by atoms with Crippen LogP contribution in [0.25, 0.3) is 0 Å². The van der Waals surface area contributed by atoms with Crippen molar-refractivity contribution in [1.82, 2.24) is 0 Å². The van der Waals surface area contributed by atoms with Gasteiger partial charge < -0.3 is 0 Å². The van der Waals surface area contributed by atoms with Gasteiger partial charge in [-0.25, -0.2) is 0 Å². The summed E-state index contributed by atoms with van der Waals surface area (Å²) in [6, 6.07) is 0. The number of ketones is 1. The average molecular weight is 381 g/mol. The number of hydrogen-bond donors (Lipinski definition) is 0. The fraction of sp³-hybridized carbons (Fsp3) is 0.952. The average Bonchev–Trinajstić information content (AvgIpc) is 2.90. The van der Waals surface area contributed by atoms with E-state index in [1.807, 2.05) is 0 Å². The van der Waals surface area contributed by atoms with Crippen LogP contribution in [0.15, 0.2) is 0 Å². The molecule has 0 aliphatic heterocycles. The van der Waals surface area contributed by atoms with Gasteiger partial charge in [0.25, 0.3) is 0 Å². The van der Waals surface area contributed by atoms with Crippen molar-refractivity contribution >= 4 is 21.7 Å². The van der Waals surface area contributed by atoms with Crippen LogP contribution in [0.2, 0.25) is 0 Å². The molecule has 0 bridgehead atoms. The molecule has 0 aromatic rings. The lowest BCUT2D eigenvalue weighted by molar-refractivity contribution is -0.127. The van der Waals surface area contributed by atoms with E-state index in [1.54, 1.807) is 0 Å². The van der Waals surface area contributed by atoms with Crippen LogP contribution in [0.4, 0.5) is 0 Å². The van der Waals surface area contributed by atoms with Crippen molar-refractivity contribution in [3.63, 3.8) is 0 Å². The molecule has 1 nitrogen and oxygen atoms in total. The van der Waals surface area contributed by atoms with Crippen molar-refractivity contribution in [3.8, 4) is 0 Å². The highest BCUT2D eigenvalue weighted by atomic mass is 79.9. The zero-order valence-electron chi connectivity index (χ0n) is 14.9. The summed E-state index contributed by atoms with van der Waals surface area (Å²) >= 11 is 3.44. The van der Waals surface area contributed by atoms with E-state index in [4.69, 9.17) is 0 Å². The Labute approximate surface area is 150 Å². The van der Waals surface area contributed by atoms with Crippen LogP contribution >= 0.6 is 15.9 Å². The van der Waals surface area contributed by atoms with E-state index in [2.05, 4.69) is 29.8 Å². The third-order valence-electron chi connectivity index (χ3n) is 8.74. The summed E-state index contributed by atoms with van der Waals surface area (Å²) in [6.07, 6.45) is 12.7. The number of carbonyl (C=O) groups excluding carboxylic acids is 1. The highest BCUT2D eigenvalue weighted by Crippen LogP contribution is 2.64. The first kappa shape index (κ1) is 16.6. The number of alkyl halides is 1. The lowest BCUT2D eigenvalue weighted by Gasteiger charge is -2.56. The summed E-state index contributed by atoms with van der Waals surface area (Å²) in [6.45, 7) is 4.94. The Kier molecular flexibility index (Phi) is 4.44. The molecular weight excluding hydrogens is 348 g/mol. The third-order valence-corrected chi connectivity index (χ3v) is 9.29. The molecule has 4 aliphatic carbocycles. The molecule has 0 amide bonds. The molecule has 0 heterocycles. The van der Waals surface area contributed by atoms with Gasteiger partial charge >= 0.3 is 0 Å². The zero-order chi connectivity index (χ0) is 16.2. The molecule has 2 heteroatoms. The second kappa shape index (κ2) is 6.15. The molecule has 0 radical (unpaired) electrons. The fourth-order valence-corrected chi connectivity index (χ4v) is 8.10. The van der Waals surface area contributed by atoms with Crippen molar-refractivity contribution in [2.45, 2.75) is 71.6 Å². The van der Waals surface area contributed by atoms with Crippen molar-refractivity contribution in [1.29, 1.82) is 0 Å². The van der Waals surface area contributed by atoms with Crippen LogP contribution in [0.1, 0.15) is 71.6 Å². The van der Waals surface area contributed by atoms with Crippen molar-refractivity contribution in [2.24, 2.45) is 46.8 Å². The summed E-state index contributed by atoms with van der Waals surface area (Å²) in [4.78, 5) is 12.5. The first-order valence-electron chi connectivity index (χ1n) is 10.1. The van der Waals surface area contributed by atoms with Gasteiger partial charge in [0.15, 0.2) is 0 Å². The molecule has 0 aromatic heterocycles. The van der Waals surface area contributed by atoms with Crippen LogP contribution in [0.5, 0.6) is 0 Å². The summed E-state index contributed by atoms with van der Waals surface area (Å²) in [5.74, 6) is 6.63. The Hall–Kier alpha value is 0.150. The predicted molar refractivity (Wildman–Crippen MR) is 98.6 cm³/mol. The highest BCUT2D eigenvalue weighted by molar-refractivity contribution is 9.09. The maximum absolute atomic E-state index is 12.5. The minimum absolute atomic E-state index is 0.320. The molecule has 0 spiro atoms. The van der Waals surface area contributed by atoms with Gasteiger partial charge in [0.05, 0.1) is 5.33 Å². The quantitative estimate of drug-likeness (QED) is 0.548. The summed E-state index contributed by atoms with van der Waals surface area (Å²) < 4.78 is 0. The van der Waals surface area contributed by atoms with Gasteiger partial charge in [-0.1, -0.05) is 36.2 Å². The second-order valence-corrected chi connectivity index (χ2v) is 10.2. The molecule has 0 N–H and O–H groups in total. The Balaban J connectivity index is 1.55. The van der Waals surface area contributed by atoms with Crippen molar-refractivity contribution in [2.75, 3.05) is 5.33 Å². The number of hydrogen-bond acceptors (Lipinski definition) is 1. The highest BCUT2D eigenvalue weighted by Gasteiger charge is 2.57. The van der Waals surface area contributed by atoms with E-state index in [9.17, 15) is 4.79 Å². The SMILES string of the molecule is CC1CC[C@@H]2C3CCC4(C)C(C(=O)CBr)CCC4C3CC[C@@H]2C1. The standard InChI is InChI=1S/C21H33BrO/c1-13-3-5-15-14(11-13)4-6-17-16(15)9-10-21(2)18(17)7-8-19(21)20(23)12-22/h13-19H,3-12H2,1-2H3/t13?,14-,15+,16?,17?,18?,19?,21?/m1/s1. The van der Waals surface area contributed by atoms with Gasteiger partial charge in [-0.05, 0) is 92.3 Å². The molecule has 4 rings (SSSR count). The van der Waals surface area contributed by atoms with Gasteiger partial charge in [-0.2, -0.15) is 0 Å². The number of halogens is 1. The molecule has 4 aliphatic rings. The summed E-state index contributed by atoms with van der Waals surface area (Å²) in [5, 5.41) is 0.566. The molecule has 0 saturated heterocycles. The first-order valence-corrected chi connectivity index (χ1v) is 11.3. The van der Waals surface area contributed by atoms with Gasteiger partial charge in [0.1, 0.15) is 5.78 Å². The van der Waals surface area contributed by atoms with Crippen LogP contribution in [-0.2, 0) is 4.79 Å². The first-order chi connectivity index (χ1) is 11.0. The molecule has 0 aromatic carbocycles. The summed E-state index contributed by atoms with van der Waals surface area (Å²) in [7, 11) is 0. The smallest absolute Gasteiger partial charge is 0.147 e. The van der Waals surface area contributed by atoms with E-state index in [0.717, 1.165) is 35.5 Å². The fourth-order valence-electron chi connectivity index (χ4n) is 7.71. The Bertz CT molecular complexity index is 474. The monoisotopic (exact) mass is 380 g/mol. The van der Waals surface area contributed by atoms with E-state index in [-0.39, 0.29) is 0 Å². The Morgan fingerprint density at radius 1 is 1.00 bits per heavy atom. The van der Waals surface area contributed by atoms with E-state index in [1.165, 1.54) is 57.8 Å². The van der Waals surface area contributed by atoms with Crippen LogP contribution in [-0.4, -0.2) is 11.1 Å². The molecule has 4 fully saturated rings. The van der Waals surface area contributed by atoms with Crippen molar-refractivity contribution < 1.29 is 4.79 Å². The number of carbonyl (C=O) groups is 1. The number of rotatable bonds is 2. The van der Waals surface area contributed by atoms with E-state index >= 15 is 0 Å². The van der Waals surface area contributed by atoms with Crippen LogP contribution in [0.3, 0.4) is 0 Å². The molecule has 4 saturated carbocycles. The van der Waals surface area contributed by atoms with Gasteiger partial charge in [0.2, 0.25) is 0 Å². The second-order valence-electron chi connectivity index (χ2n) is 9.63. The largest absolute Gasteiger partial charge is 0.298 e. The van der Waals surface area contributed by atoms with E-state index < -0.39 is 0 Å². The third kappa shape index (κ3) is 2.57. The lowest BCUT2D eigenvalue weighted by atomic mass is 9.49. The van der Waals surface area contributed by atoms with Crippen LogP contribution < -0.4 is 0 Å². The minimum Gasteiger partial charge on any atom is -0.298 e. The van der Waals surface area contributed by atoms with Gasteiger partial charge in [-0.15, -0.1) is 0 Å².